The van der Waals surface area contributed by atoms with Crippen molar-refractivity contribution in [3.8, 4) is 11.4 Å². The molecule has 0 amide bonds. The van der Waals surface area contributed by atoms with Crippen LogP contribution in [0.3, 0.4) is 0 Å². The van der Waals surface area contributed by atoms with Crippen molar-refractivity contribution in [2.75, 3.05) is 0 Å². The molecule has 0 aliphatic heterocycles. The highest BCUT2D eigenvalue weighted by molar-refractivity contribution is 6.58. The standard InChI is InChI=1S/C13H10BFN2O2/c15-10-6-5-8(7-9(10)14(18)19)13-16-11-3-1-2-4-12(11)17-13/h1-7,18-19H,(H,16,17). The summed E-state index contributed by atoms with van der Waals surface area (Å²) < 4.78 is 13.4. The van der Waals surface area contributed by atoms with E-state index >= 15 is 0 Å². The molecule has 4 nitrogen and oxygen atoms in total. The van der Waals surface area contributed by atoms with E-state index in [0.29, 0.717) is 11.4 Å². The fourth-order valence-corrected chi connectivity index (χ4v) is 1.98. The zero-order chi connectivity index (χ0) is 13.4. The van der Waals surface area contributed by atoms with Gasteiger partial charge in [-0.2, -0.15) is 0 Å². The number of rotatable bonds is 2. The van der Waals surface area contributed by atoms with E-state index in [4.69, 9.17) is 10.0 Å². The molecule has 0 radical (unpaired) electrons. The second-order valence-corrected chi connectivity index (χ2v) is 4.21. The molecule has 3 N–H and O–H groups in total. The van der Waals surface area contributed by atoms with Gasteiger partial charge >= 0.3 is 7.12 Å². The van der Waals surface area contributed by atoms with Crippen molar-refractivity contribution < 1.29 is 14.4 Å². The molecule has 0 unspecified atom stereocenters. The molecule has 3 rings (SSSR count). The molecule has 0 fully saturated rings. The van der Waals surface area contributed by atoms with Crippen molar-refractivity contribution in [1.82, 2.24) is 9.97 Å². The summed E-state index contributed by atoms with van der Waals surface area (Å²) in [6.07, 6.45) is 0. The van der Waals surface area contributed by atoms with E-state index in [9.17, 15) is 4.39 Å². The van der Waals surface area contributed by atoms with Gasteiger partial charge < -0.3 is 15.0 Å². The molecule has 3 aromatic rings. The summed E-state index contributed by atoms with van der Waals surface area (Å²) >= 11 is 0. The Bertz CT molecular complexity index is 709. The van der Waals surface area contributed by atoms with Crippen LogP contribution < -0.4 is 5.46 Å². The summed E-state index contributed by atoms with van der Waals surface area (Å²) in [6, 6.07) is 11.6. The molecule has 0 bridgehead atoms. The number of hydrogen-bond donors (Lipinski definition) is 3. The quantitative estimate of drug-likeness (QED) is 0.600. The van der Waals surface area contributed by atoms with Gasteiger partial charge in [0, 0.05) is 11.0 Å². The third-order valence-corrected chi connectivity index (χ3v) is 2.94. The molecule has 94 valence electrons. The summed E-state index contributed by atoms with van der Waals surface area (Å²) in [6.45, 7) is 0. The van der Waals surface area contributed by atoms with Gasteiger partial charge in [0.15, 0.2) is 0 Å². The van der Waals surface area contributed by atoms with Crippen LogP contribution in [0.4, 0.5) is 4.39 Å². The fraction of sp³-hybridized carbons (Fsp3) is 0. The third-order valence-electron chi connectivity index (χ3n) is 2.94. The average Bonchev–Trinajstić information content (AvgIpc) is 2.82. The summed E-state index contributed by atoms with van der Waals surface area (Å²) in [4.78, 5) is 7.47. The van der Waals surface area contributed by atoms with Gasteiger partial charge in [0.25, 0.3) is 0 Å². The first-order valence-corrected chi connectivity index (χ1v) is 5.76. The summed E-state index contributed by atoms with van der Waals surface area (Å²) in [7, 11) is -1.84. The lowest BCUT2D eigenvalue weighted by molar-refractivity contribution is 0.423. The van der Waals surface area contributed by atoms with E-state index in [1.807, 2.05) is 24.3 Å². The monoisotopic (exact) mass is 256 g/mol. The Kier molecular flexibility index (Phi) is 2.81. The molecule has 6 heteroatoms. The Hall–Kier alpha value is -2.18. The van der Waals surface area contributed by atoms with Gasteiger partial charge in [0.1, 0.15) is 11.6 Å². The number of imidazole rings is 1. The SMILES string of the molecule is OB(O)c1cc(-c2nc3ccccc3[nH]2)ccc1F. The summed E-state index contributed by atoms with van der Waals surface area (Å²) in [5.41, 5.74) is 2.10. The summed E-state index contributed by atoms with van der Waals surface area (Å²) in [5.74, 6) is -0.0991. The maximum absolute atomic E-state index is 13.4. The van der Waals surface area contributed by atoms with E-state index in [0.717, 1.165) is 11.0 Å². The van der Waals surface area contributed by atoms with Crippen molar-refractivity contribution in [2.24, 2.45) is 0 Å². The topological polar surface area (TPSA) is 69.1 Å². The van der Waals surface area contributed by atoms with Crippen LogP contribution in [0.15, 0.2) is 42.5 Å². The number of benzene rings is 2. The number of fused-ring (bicyclic) bond motifs is 1. The van der Waals surface area contributed by atoms with Gasteiger partial charge in [0.2, 0.25) is 0 Å². The Morgan fingerprint density at radius 3 is 2.63 bits per heavy atom. The average molecular weight is 256 g/mol. The highest BCUT2D eigenvalue weighted by Gasteiger charge is 2.18. The van der Waals surface area contributed by atoms with E-state index < -0.39 is 12.9 Å². The van der Waals surface area contributed by atoms with E-state index in [1.165, 1.54) is 12.1 Å². The molecular formula is C13H10BFN2O2. The van der Waals surface area contributed by atoms with Crippen LogP contribution in [0.25, 0.3) is 22.4 Å². The largest absolute Gasteiger partial charge is 0.491 e. The highest BCUT2D eigenvalue weighted by Crippen LogP contribution is 2.19. The third kappa shape index (κ3) is 2.11. The van der Waals surface area contributed by atoms with Gasteiger partial charge in [-0.25, -0.2) is 9.37 Å². The predicted octanol–water partition coefficient (Wildman–Crippen LogP) is 1.05. The lowest BCUT2D eigenvalue weighted by atomic mass is 9.79. The molecule has 0 saturated carbocycles. The van der Waals surface area contributed by atoms with Crippen molar-refractivity contribution in [3.05, 3.63) is 48.3 Å². The van der Waals surface area contributed by atoms with Gasteiger partial charge in [-0.1, -0.05) is 12.1 Å². The Morgan fingerprint density at radius 1 is 1.11 bits per heavy atom. The molecule has 0 atom stereocenters. The maximum atomic E-state index is 13.4. The number of aromatic nitrogens is 2. The van der Waals surface area contributed by atoms with Crippen molar-refractivity contribution in [1.29, 1.82) is 0 Å². The molecule has 0 aliphatic rings. The smallest absolute Gasteiger partial charge is 0.423 e. The van der Waals surface area contributed by atoms with Crippen molar-refractivity contribution in [3.63, 3.8) is 0 Å². The van der Waals surface area contributed by atoms with E-state index in [-0.39, 0.29) is 5.46 Å². The van der Waals surface area contributed by atoms with E-state index in [2.05, 4.69) is 9.97 Å². The maximum Gasteiger partial charge on any atom is 0.491 e. The highest BCUT2D eigenvalue weighted by atomic mass is 19.1. The predicted molar refractivity (Wildman–Crippen MR) is 71.3 cm³/mol. The van der Waals surface area contributed by atoms with Crippen molar-refractivity contribution in [2.45, 2.75) is 0 Å². The fourth-order valence-electron chi connectivity index (χ4n) is 1.98. The van der Waals surface area contributed by atoms with Crippen LogP contribution in [0.2, 0.25) is 0 Å². The second kappa shape index (κ2) is 4.49. The lowest BCUT2D eigenvalue weighted by Gasteiger charge is -2.03. The molecule has 19 heavy (non-hydrogen) atoms. The minimum Gasteiger partial charge on any atom is -0.423 e. The molecule has 2 aromatic carbocycles. The Balaban J connectivity index is 2.13. The molecule has 0 spiro atoms. The first kappa shape index (κ1) is 11.9. The van der Waals surface area contributed by atoms with Crippen molar-refractivity contribution >= 4 is 23.6 Å². The minimum absolute atomic E-state index is 0.169. The number of nitrogens with zero attached hydrogens (tertiary/aromatic N) is 1. The molecule has 1 heterocycles. The number of para-hydroxylation sites is 2. The zero-order valence-corrected chi connectivity index (χ0v) is 9.84. The molecular weight excluding hydrogens is 246 g/mol. The lowest BCUT2D eigenvalue weighted by Crippen LogP contribution is -2.32. The number of nitrogens with one attached hydrogen (secondary N) is 1. The van der Waals surface area contributed by atoms with Gasteiger partial charge in [-0.3, -0.25) is 0 Å². The Labute approximate surface area is 108 Å². The summed E-state index contributed by atoms with van der Waals surface area (Å²) in [5, 5.41) is 18.2. The first-order chi connectivity index (χ1) is 9.15. The molecule has 1 aromatic heterocycles. The van der Waals surface area contributed by atoms with Gasteiger partial charge in [-0.05, 0) is 30.3 Å². The van der Waals surface area contributed by atoms with Crippen LogP contribution in [0.1, 0.15) is 0 Å². The van der Waals surface area contributed by atoms with Crippen LogP contribution in [0.5, 0.6) is 0 Å². The molecule has 0 aliphatic carbocycles. The number of H-pyrrole nitrogens is 1. The van der Waals surface area contributed by atoms with Gasteiger partial charge in [-0.15, -0.1) is 0 Å². The van der Waals surface area contributed by atoms with E-state index in [1.54, 1.807) is 6.07 Å². The van der Waals surface area contributed by atoms with Crippen LogP contribution >= 0.6 is 0 Å². The number of hydrogen-bond acceptors (Lipinski definition) is 3. The first-order valence-electron chi connectivity index (χ1n) is 5.76. The Morgan fingerprint density at radius 2 is 1.89 bits per heavy atom. The second-order valence-electron chi connectivity index (χ2n) is 4.21. The van der Waals surface area contributed by atoms with Crippen LogP contribution in [0, 0.1) is 5.82 Å². The zero-order valence-electron chi connectivity index (χ0n) is 9.84. The number of halogens is 1. The van der Waals surface area contributed by atoms with Crippen LogP contribution in [-0.4, -0.2) is 27.1 Å². The molecule has 0 saturated heterocycles. The van der Waals surface area contributed by atoms with Crippen LogP contribution in [-0.2, 0) is 0 Å². The normalized spacial score (nSPS) is 10.9. The minimum atomic E-state index is -1.84. The number of aromatic amines is 1. The van der Waals surface area contributed by atoms with Gasteiger partial charge in [0.05, 0.1) is 11.0 Å².